The largest absolute Gasteiger partial charge is 0.353 e. The van der Waals surface area contributed by atoms with Crippen molar-refractivity contribution >= 4 is 17.5 Å². The third-order valence-electron chi connectivity index (χ3n) is 5.33. The molecular weight excluding hydrogens is 356 g/mol. The van der Waals surface area contributed by atoms with Crippen molar-refractivity contribution in [3.05, 3.63) is 70.7 Å². The predicted octanol–water partition coefficient (Wildman–Crippen LogP) is 4.69. The van der Waals surface area contributed by atoms with Gasteiger partial charge in [-0.05, 0) is 56.3 Å². The summed E-state index contributed by atoms with van der Waals surface area (Å²) >= 11 is 6.29. The van der Waals surface area contributed by atoms with Gasteiger partial charge in [-0.15, -0.1) is 0 Å². The molecule has 4 heteroatoms. The van der Waals surface area contributed by atoms with E-state index in [0.717, 1.165) is 55.9 Å². The number of carbonyl (C=O) groups is 1. The molecular formula is C23H29ClN2O. The van der Waals surface area contributed by atoms with E-state index in [-0.39, 0.29) is 17.9 Å². The molecule has 1 N–H and O–H groups in total. The molecule has 27 heavy (non-hydrogen) atoms. The van der Waals surface area contributed by atoms with Crippen LogP contribution in [0, 0.1) is 5.92 Å². The van der Waals surface area contributed by atoms with Gasteiger partial charge in [0.2, 0.25) is 5.91 Å². The number of likely N-dealkylation sites (tertiary alicyclic amines) is 1. The number of nitrogens with one attached hydrogen (secondary N) is 1. The van der Waals surface area contributed by atoms with Gasteiger partial charge >= 0.3 is 0 Å². The highest BCUT2D eigenvalue weighted by molar-refractivity contribution is 6.31. The topological polar surface area (TPSA) is 32.3 Å². The van der Waals surface area contributed by atoms with E-state index < -0.39 is 0 Å². The van der Waals surface area contributed by atoms with Gasteiger partial charge < -0.3 is 5.32 Å². The summed E-state index contributed by atoms with van der Waals surface area (Å²) in [5.41, 5.74) is 2.46. The Morgan fingerprint density at radius 2 is 1.93 bits per heavy atom. The van der Waals surface area contributed by atoms with Crippen LogP contribution in [0.4, 0.5) is 0 Å². The van der Waals surface area contributed by atoms with Crippen LogP contribution in [0.2, 0.25) is 5.02 Å². The van der Waals surface area contributed by atoms with Crippen molar-refractivity contribution < 1.29 is 4.79 Å². The summed E-state index contributed by atoms with van der Waals surface area (Å²) in [7, 11) is 0. The average molecular weight is 385 g/mol. The number of carbonyl (C=O) groups excluding carboxylic acids is 1. The maximum atomic E-state index is 12.7. The van der Waals surface area contributed by atoms with E-state index in [1.807, 2.05) is 24.3 Å². The van der Waals surface area contributed by atoms with Gasteiger partial charge in [0, 0.05) is 24.2 Å². The predicted molar refractivity (Wildman–Crippen MR) is 112 cm³/mol. The fourth-order valence-electron chi connectivity index (χ4n) is 3.74. The lowest BCUT2D eigenvalue weighted by Gasteiger charge is -2.32. The molecule has 2 aromatic carbocycles. The first kappa shape index (κ1) is 19.9. The molecule has 1 aliphatic rings. The molecule has 1 saturated heterocycles. The van der Waals surface area contributed by atoms with Crippen LogP contribution in [-0.4, -0.2) is 29.9 Å². The summed E-state index contributed by atoms with van der Waals surface area (Å²) in [4.78, 5) is 15.1. The molecule has 0 bridgehead atoms. The number of nitrogens with zero attached hydrogens (tertiary/aromatic N) is 1. The molecule has 2 atom stereocenters. The van der Waals surface area contributed by atoms with Gasteiger partial charge in [0.05, 0.1) is 5.92 Å². The van der Waals surface area contributed by atoms with Gasteiger partial charge in [-0.2, -0.15) is 0 Å². The highest BCUT2D eigenvalue weighted by Crippen LogP contribution is 2.22. The number of benzene rings is 2. The number of rotatable bonds is 7. The van der Waals surface area contributed by atoms with Crippen molar-refractivity contribution in [1.29, 1.82) is 0 Å². The molecule has 0 aliphatic carbocycles. The van der Waals surface area contributed by atoms with E-state index in [1.165, 1.54) is 5.56 Å². The lowest BCUT2D eigenvalue weighted by Crippen LogP contribution is -2.45. The highest BCUT2D eigenvalue weighted by atomic mass is 35.5. The zero-order valence-electron chi connectivity index (χ0n) is 16.0. The highest BCUT2D eigenvalue weighted by Gasteiger charge is 2.26. The number of halogens is 1. The van der Waals surface area contributed by atoms with Gasteiger partial charge in [0.1, 0.15) is 0 Å². The second kappa shape index (κ2) is 9.91. The molecule has 3 nitrogen and oxygen atoms in total. The Morgan fingerprint density at radius 3 is 2.70 bits per heavy atom. The van der Waals surface area contributed by atoms with Gasteiger partial charge in [0.15, 0.2) is 0 Å². The first-order chi connectivity index (χ1) is 13.1. The zero-order chi connectivity index (χ0) is 19.1. The molecule has 0 unspecified atom stereocenters. The molecule has 144 valence electrons. The van der Waals surface area contributed by atoms with Gasteiger partial charge in [-0.25, -0.2) is 0 Å². The normalized spacial score (nSPS) is 18.8. The summed E-state index contributed by atoms with van der Waals surface area (Å²) in [6, 6.07) is 18.6. The fourth-order valence-corrected chi connectivity index (χ4v) is 3.94. The van der Waals surface area contributed by atoms with Crippen molar-refractivity contribution in [2.75, 3.05) is 13.1 Å². The van der Waals surface area contributed by atoms with Crippen molar-refractivity contribution in [2.45, 2.75) is 45.2 Å². The Bertz CT molecular complexity index is 734. The second-order valence-corrected chi connectivity index (χ2v) is 8.01. The first-order valence-electron chi connectivity index (χ1n) is 9.92. The molecule has 2 aromatic rings. The minimum Gasteiger partial charge on any atom is -0.353 e. The van der Waals surface area contributed by atoms with Crippen LogP contribution in [-0.2, 0) is 17.8 Å². The van der Waals surface area contributed by atoms with E-state index in [4.69, 9.17) is 11.6 Å². The first-order valence-corrected chi connectivity index (χ1v) is 10.3. The maximum absolute atomic E-state index is 12.7. The number of hydrogen-bond donors (Lipinski definition) is 1. The van der Waals surface area contributed by atoms with E-state index in [1.54, 1.807) is 0 Å². The Labute approximate surface area is 167 Å². The SMILES string of the molecule is C[C@@H](CCc1ccccc1)NC(=O)[C@H]1CCCN(Cc2ccccc2Cl)C1. The molecule has 0 aromatic heterocycles. The molecule has 0 spiro atoms. The van der Waals surface area contributed by atoms with Crippen molar-refractivity contribution in [3.63, 3.8) is 0 Å². The van der Waals surface area contributed by atoms with E-state index in [0.29, 0.717) is 0 Å². The van der Waals surface area contributed by atoms with Crippen LogP contribution in [0.15, 0.2) is 54.6 Å². The van der Waals surface area contributed by atoms with E-state index in [9.17, 15) is 4.79 Å². The quantitative estimate of drug-likeness (QED) is 0.751. The molecule has 3 rings (SSSR count). The molecule has 0 saturated carbocycles. The third kappa shape index (κ3) is 6.08. The van der Waals surface area contributed by atoms with Crippen LogP contribution in [0.5, 0.6) is 0 Å². The molecule has 1 aliphatic heterocycles. The van der Waals surface area contributed by atoms with Crippen LogP contribution in [0.25, 0.3) is 0 Å². The van der Waals surface area contributed by atoms with Gasteiger partial charge in [-0.1, -0.05) is 60.1 Å². The van der Waals surface area contributed by atoms with E-state index >= 15 is 0 Å². The number of amides is 1. The summed E-state index contributed by atoms with van der Waals surface area (Å²) in [5.74, 6) is 0.264. The summed E-state index contributed by atoms with van der Waals surface area (Å²) in [6.07, 6.45) is 3.98. The second-order valence-electron chi connectivity index (χ2n) is 7.60. The minimum absolute atomic E-state index is 0.0698. The Morgan fingerprint density at radius 1 is 1.19 bits per heavy atom. The van der Waals surface area contributed by atoms with Gasteiger partial charge in [-0.3, -0.25) is 9.69 Å². The lowest BCUT2D eigenvalue weighted by molar-refractivity contribution is -0.127. The van der Waals surface area contributed by atoms with Crippen molar-refractivity contribution in [3.8, 4) is 0 Å². The molecule has 1 fully saturated rings. The monoisotopic (exact) mass is 384 g/mol. The Hall–Kier alpha value is -1.84. The van der Waals surface area contributed by atoms with E-state index in [2.05, 4.69) is 47.5 Å². The summed E-state index contributed by atoms with van der Waals surface area (Å²) in [6.45, 7) is 4.75. The Balaban J connectivity index is 1.47. The Kier molecular flexibility index (Phi) is 7.31. The van der Waals surface area contributed by atoms with Crippen LogP contribution in [0.3, 0.4) is 0 Å². The fraction of sp³-hybridized carbons (Fsp3) is 0.435. The average Bonchev–Trinajstić information content (AvgIpc) is 2.69. The lowest BCUT2D eigenvalue weighted by atomic mass is 9.96. The third-order valence-corrected chi connectivity index (χ3v) is 5.69. The summed E-state index contributed by atoms with van der Waals surface area (Å²) in [5, 5.41) is 4.03. The van der Waals surface area contributed by atoms with Crippen LogP contribution < -0.4 is 5.32 Å². The van der Waals surface area contributed by atoms with Gasteiger partial charge in [0.25, 0.3) is 0 Å². The van der Waals surface area contributed by atoms with Crippen LogP contribution in [0.1, 0.15) is 37.3 Å². The van der Waals surface area contributed by atoms with Crippen molar-refractivity contribution in [2.24, 2.45) is 5.92 Å². The number of aryl methyl sites for hydroxylation is 1. The van der Waals surface area contributed by atoms with Crippen molar-refractivity contribution in [1.82, 2.24) is 10.2 Å². The smallest absolute Gasteiger partial charge is 0.224 e. The molecule has 1 amide bonds. The number of piperidine rings is 1. The molecule has 1 heterocycles. The molecule has 0 radical (unpaired) electrons. The maximum Gasteiger partial charge on any atom is 0.224 e. The zero-order valence-corrected chi connectivity index (χ0v) is 16.8. The van der Waals surface area contributed by atoms with Crippen LogP contribution >= 0.6 is 11.6 Å². The summed E-state index contributed by atoms with van der Waals surface area (Å²) < 4.78 is 0. The number of hydrogen-bond acceptors (Lipinski definition) is 2. The minimum atomic E-state index is 0.0698. The standard InChI is InChI=1S/C23H29ClN2O/c1-18(13-14-19-8-3-2-4-9-19)25-23(27)21-11-7-15-26(17-21)16-20-10-5-6-12-22(20)24/h2-6,8-10,12,18,21H,7,11,13-17H2,1H3,(H,25,27)/t18-,21-/m0/s1.